The molecule has 0 radical (unpaired) electrons. The third kappa shape index (κ3) is 3.59. The first kappa shape index (κ1) is 15.0. The van der Waals surface area contributed by atoms with E-state index in [4.69, 9.17) is 5.11 Å². The highest BCUT2D eigenvalue weighted by molar-refractivity contribution is 5.93. The molecule has 0 spiro atoms. The third-order valence-corrected chi connectivity index (χ3v) is 2.89. The number of carbonyl (C=O) groups is 1. The maximum absolute atomic E-state index is 13.8. The Kier molecular flexibility index (Phi) is 4.26. The van der Waals surface area contributed by atoms with E-state index < -0.39 is 17.6 Å². The second-order valence-electron chi connectivity index (χ2n) is 5.23. The molecule has 1 aliphatic heterocycles. The number of nitrogens with one attached hydrogen (secondary N) is 1. The fraction of sp³-hybridized carbons (Fsp3) is 0.267. The van der Waals surface area contributed by atoms with Gasteiger partial charge >= 0.3 is 5.97 Å². The summed E-state index contributed by atoms with van der Waals surface area (Å²) < 4.78 is 26.8. The number of rotatable bonds is 4. The van der Waals surface area contributed by atoms with Crippen LogP contribution in [0.25, 0.3) is 5.70 Å². The number of carboxylic acid groups (broad SMARTS) is 1. The van der Waals surface area contributed by atoms with E-state index in [1.807, 2.05) is 13.8 Å². The minimum atomic E-state index is -1.11. The van der Waals surface area contributed by atoms with Crippen molar-refractivity contribution in [3.63, 3.8) is 0 Å². The largest absolute Gasteiger partial charge is 0.478 e. The van der Waals surface area contributed by atoms with Crippen molar-refractivity contribution in [1.29, 1.82) is 0 Å². The van der Waals surface area contributed by atoms with Crippen LogP contribution >= 0.6 is 0 Å². The Hall–Kier alpha value is -2.37. The molecule has 112 valence electrons. The van der Waals surface area contributed by atoms with Crippen LogP contribution in [-0.2, 0) is 4.79 Å². The van der Waals surface area contributed by atoms with Gasteiger partial charge in [0.05, 0.1) is 11.3 Å². The Morgan fingerprint density at radius 2 is 2.10 bits per heavy atom. The summed E-state index contributed by atoms with van der Waals surface area (Å²) in [6, 6.07) is 3.18. The summed E-state index contributed by atoms with van der Waals surface area (Å²) in [5, 5.41) is 10.7. The molecule has 4 nitrogen and oxygen atoms in total. The van der Waals surface area contributed by atoms with Crippen molar-refractivity contribution in [3.8, 4) is 0 Å². The van der Waals surface area contributed by atoms with Gasteiger partial charge in [0.25, 0.3) is 0 Å². The minimum Gasteiger partial charge on any atom is -0.478 e. The third-order valence-electron chi connectivity index (χ3n) is 2.89. The van der Waals surface area contributed by atoms with Crippen molar-refractivity contribution in [1.82, 2.24) is 10.4 Å². The van der Waals surface area contributed by atoms with Gasteiger partial charge in [-0.3, -0.25) is 10.4 Å². The molecule has 0 atom stereocenters. The molecule has 6 heteroatoms. The van der Waals surface area contributed by atoms with Gasteiger partial charge in [-0.05, 0) is 24.1 Å². The number of benzene rings is 1. The van der Waals surface area contributed by atoms with Gasteiger partial charge in [-0.25, -0.2) is 13.6 Å². The van der Waals surface area contributed by atoms with E-state index in [9.17, 15) is 13.6 Å². The molecule has 1 heterocycles. The predicted octanol–water partition coefficient (Wildman–Crippen LogP) is 2.75. The van der Waals surface area contributed by atoms with Gasteiger partial charge in [-0.15, -0.1) is 0 Å². The average molecular weight is 294 g/mol. The van der Waals surface area contributed by atoms with Crippen molar-refractivity contribution in [2.24, 2.45) is 5.92 Å². The normalized spacial score (nSPS) is 14.6. The number of aliphatic carboxylic acids is 1. The minimum absolute atomic E-state index is 0.0353. The zero-order valence-corrected chi connectivity index (χ0v) is 11.7. The highest BCUT2D eigenvalue weighted by atomic mass is 19.1. The second-order valence-corrected chi connectivity index (χ2v) is 5.23. The monoisotopic (exact) mass is 294 g/mol. The highest BCUT2D eigenvalue weighted by Crippen LogP contribution is 2.22. The first-order valence-electron chi connectivity index (χ1n) is 6.52. The lowest BCUT2D eigenvalue weighted by molar-refractivity contribution is -0.132. The van der Waals surface area contributed by atoms with E-state index in [1.165, 1.54) is 18.3 Å². The van der Waals surface area contributed by atoms with Crippen molar-refractivity contribution in [2.75, 3.05) is 6.54 Å². The zero-order valence-electron chi connectivity index (χ0n) is 11.7. The molecule has 0 saturated carbocycles. The summed E-state index contributed by atoms with van der Waals surface area (Å²) in [6.07, 6.45) is 2.78. The van der Waals surface area contributed by atoms with Crippen LogP contribution in [0.15, 0.2) is 36.0 Å². The standard InChI is InChI=1S/C15H16F2N2O2/c1-9(2)7-19-8-10(15(20)21)5-14(18-19)12-4-3-11(16)6-13(12)17/h3-6,8-9,18H,7H2,1-2H3,(H,20,21). The molecular weight excluding hydrogens is 278 g/mol. The molecule has 0 fully saturated rings. The first-order chi connectivity index (χ1) is 9.86. The molecule has 2 N–H and O–H groups in total. The lowest BCUT2D eigenvalue weighted by Crippen LogP contribution is -2.38. The number of hydrogen-bond acceptors (Lipinski definition) is 3. The average Bonchev–Trinajstić information content (AvgIpc) is 2.37. The predicted molar refractivity (Wildman–Crippen MR) is 74.7 cm³/mol. The van der Waals surface area contributed by atoms with Crippen LogP contribution in [0.4, 0.5) is 8.78 Å². The topological polar surface area (TPSA) is 52.6 Å². The van der Waals surface area contributed by atoms with Crippen LogP contribution in [0.1, 0.15) is 19.4 Å². The van der Waals surface area contributed by atoms with E-state index in [-0.39, 0.29) is 22.8 Å². The van der Waals surface area contributed by atoms with Crippen LogP contribution in [0.5, 0.6) is 0 Å². The van der Waals surface area contributed by atoms with Crippen LogP contribution in [0.2, 0.25) is 0 Å². The zero-order chi connectivity index (χ0) is 15.6. The summed E-state index contributed by atoms with van der Waals surface area (Å²) in [7, 11) is 0. The van der Waals surface area contributed by atoms with Crippen molar-refractivity contribution < 1.29 is 18.7 Å². The molecule has 21 heavy (non-hydrogen) atoms. The van der Waals surface area contributed by atoms with E-state index in [0.717, 1.165) is 12.1 Å². The van der Waals surface area contributed by atoms with Crippen LogP contribution in [0, 0.1) is 17.6 Å². The number of halogens is 2. The summed E-state index contributed by atoms with van der Waals surface area (Å²) in [5.41, 5.74) is 3.38. The van der Waals surface area contributed by atoms with Gasteiger partial charge in [-0.2, -0.15) is 0 Å². The van der Waals surface area contributed by atoms with Crippen LogP contribution in [-0.4, -0.2) is 22.6 Å². The lowest BCUT2D eigenvalue weighted by Gasteiger charge is -2.29. The fourth-order valence-electron chi connectivity index (χ4n) is 2.03. The molecule has 0 amide bonds. The first-order valence-corrected chi connectivity index (χ1v) is 6.52. The molecule has 0 unspecified atom stereocenters. The number of hydrogen-bond donors (Lipinski definition) is 2. The Morgan fingerprint density at radius 1 is 1.38 bits per heavy atom. The van der Waals surface area contributed by atoms with Crippen molar-refractivity contribution >= 4 is 11.7 Å². The Balaban J connectivity index is 2.38. The smallest absolute Gasteiger partial charge is 0.337 e. The molecule has 1 aromatic carbocycles. The number of nitrogens with zero attached hydrogens (tertiary/aromatic N) is 1. The van der Waals surface area contributed by atoms with Gasteiger partial charge in [0, 0.05) is 24.4 Å². The van der Waals surface area contributed by atoms with Gasteiger partial charge < -0.3 is 5.11 Å². The Labute approximate surface area is 121 Å². The molecule has 1 aliphatic rings. The SMILES string of the molecule is CC(C)CN1C=C(C(=O)O)C=C(c2ccc(F)cc2F)N1. The quantitative estimate of drug-likeness (QED) is 0.896. The van der Waals surface area contributed by atoms with Crippen LogP contribution in [0.3, 0.4) is 0 Å². The van der Waals surface area contributed by atoms with Gasteiger partial charge in [0.2, 0.25) is 0 Å². The molecule has 1 aromatic rings. The van der Waals surface area contributed by atoms with Crippen LogP contribution < -0.4 is 5.43 Å². The molecule has 0 bridgehead atoms. The maximum atomic E-state index is 13.8. The molecule has 2 rings (SSSR count). The molecule has 0 aliphatic carbocycles. The molecular formula is C15H16F2N2O2. The summed E-state index contributed by atoms with van der Waals surface area (Å²) >= 11 is 0. The summed E-state index contributed by atoms with van der Waals surface area (Å²) in [4.78, 5) is 11.2. The number of carboxylic acids is 1. The Morgan fingerprint density at radius 3 is 2.67 bits per heavy atom. The number of hydrazine groups is 1. The molecule has 0 aromatic heterocycles. The van der Waals surface area contributed by atoms with E-state index in [1.54, 1.807) is 5.01 Å². The summed E-state index contributed by atoms with van der Waals surface area (Å²) in [5.74, 6) is -2.25. The van der Waals surface area contributed by atoms with Crippen molar-refractivity contribution in [2.45, 2.75) is 13.8 Å². The van der Waals surface area contributed by atoms with E-state index in [2.05, 4.69) is 5.43 Å². The lowest BCUT2D eigenvalue weighted by atomic mass is 10.1. The van der Waals surface area contributed by atoms with E-state index >= 15 is 0 Å². The van der Waals surface area contributed by atoms with Gasteiger partial charge in [0.15, 0.2) is 0 Å². The summed E-state index contributed by atoms with van der Waals surface area (Å²) in [6.45, 7) is 4.51. The maximum Gasteiger partial charge on any atom is 0.337 e. The van der Waals surface area contributed by atoms with Crippen molar-refractivity contribution in [3.05, 3.63) is 53.2 Å². The fourth-order valence-corrected chi connectivity index (χ4v) is 2.03. The Bertz CT molecular complexity index is 624. The van der Waals surface area contributed by atoms with Gasteiger partial charge in [-0.1, -0.05) is 13.8 Å². The second kappa shape index (κ2) is 5.95. The highest BCUT2D eigenvalue weighted by Gasteiger charge is 2.19. The van der Waals surface area contributed by atoms with E-state index in [0.29, 0.717) is 6.54 Å². The molecule has 0 saturated heterocycles. The van der Waals surface area contributed by atoms with Gasteiger partial charge in [0.1, 0.15) is 11.6 Å².